The van der Waals surface area contributed by atoms with Gasteiger partial charge < -0.3 is 14.5 Å². The first-order valence-electron chi connectivity index (χ1n) is 12.8. The number of rotatable bonds is 4. The fraction of sp³-hybridized carbons (Fsp3) is 0.267. The van der Waals surface area contributed by atoms with Gasteiger partial charge in [-0.1, -0.05) is 48.5 Å². The number of benzene rings is 3. The zero-order chi connectivity index (χ0) is 26.2. The number of ether oxygens (including phenoxy) is 1. The maximum Gasteiger partial charge on any atom is 0.246 e. The van der Waals surface area contributed by atoms with Gasteiger partial charge in [-0.05, 0) is 47.6 Å². The van der Waals surface area contributed by atoms with Gasteiger partial charge in [-0.15, -0.1) is 0 Å². The van der Waals surface area contributed by atoms with E-state index in [4.69, 9.17) is 21.3 Å². The lowest BCUT2D eigenvalue weighted by Crippen LogP contribution is -2.55. The smallest absolute Gasteiger partial charge is 0.246 e. The van der Waals surface area contributed by atoms with Crippen molar-refractivity contribution in [2.45, 2.75) is 25.3 Å². The number of piperazine rings is 1. The van der Waals surface area contributed by atoms with Gasteiger partial charge in [-0.2, -0.15) is 5.26 Å². The summed E-state index contributed by atoms with van der Waals surface area (Å²) in [4.78, 5) is 25.6. The Morgan fingerprint density at radius 1 is 1.18 bits per heavy atom. The Morgan fingerprint density at radius 3 is 2.84 bits per heavy atom. The Bertz CT molecular complexity index is 1620. The molecule has 1 aromatic heterocycles. The van der Waals surface area contributed by atoms with Gasteiger partial charge in [0.25, 0.3) is 0 Å². The summed E-state index contributed by atoms with van der Waals surface area (Å²) in [5.41, 5.74) is 4.04. The van der Waals surface area contributed by atoms with Crippen molar-refractivity contribution in [3.8, 4) is 22.9 Å². The van der Waals surface area contributed by atoms with Crippen LogP contribution in [0.3, 0.4) is 0 Å². The fourth-order valence-corrected chi connectivity index (χ4v) is 6.06. The zero-order valence-electron chi connectivity index (χ0n) is 20.9. The summed E-state index contributed by atoms with van der Waals surface area (Å²) in [6.45, 7) is 5.81. The van der Waals surface area contributed by atoms with Crippen molar-refractivity contribution in [2.24, 2.45) is 0 Å². The number of carbonyl (C=O) groups excluding carboxylic acids is 1. The third kappa shape index (κ3) is 4.02. The number of amides is 1. The highest BCUT2D eigenvalue weighted by Crippen LogP contribution is 2.45. The lowest BCUT2D eigenvalue weighted by atomic mass is 9.89. The number of nitrogens with zero attached hydrogens (tertiary/aromatic N) is 5. The lowest BCUT2D eigenvalue weighted by Gasteiger charge is -2.41. The van der Waals surface area contributed by atoms with E-state index in [-0.39, 0.29) is 18.4 Å². The van der Waals surface area contributed by atoms with E-state index in [0.717, 1.165) is 62.8 Å². The van der Waals surface area contributed by atoms with Crippen molar-refractivity contribution < 1.29 is 9.53 Å². The van der Waals surface area contributed by atoms with Gasteiger partial charge in [0.1, 0.15) is 17.9 Å². The third-order valence-electron chi connectivity index (χ3n) is 7.49. The van der Waals surface area contributed by atoms with Crippen LogP contribution >= 0.6 is 11.6 Å². The average molecular weight is 524 g/mol. The molecule has 2 aliphatic rings. The molecule has 1 amide bonds. The van der Waals surface area contributed by atoms with Gasteiger partial charge in [0, 0.05) is 35.6 Å². The number of hydrogen-bond acceptors (Lipinski definition) is 6. The molecule has 190 valence electrons. The summed E-state index contributed by atoms with van der Waals surface area (Å²) in [6, 6.07) is 16.3. The molecule has 0 spiro atoms. The predicted molar refractivity (Wildman–Crippen MR) is 149 cm³/mol. The minimum Gasteiger partial charge on any atom is -0.492 e. The summed E-state index contributed by atoms with van der Waals surface area (Å²) < 4.78 is 6.35. The van der Waals surface area contributed by atoms with Crippen molar-refractivity contribution in [1.29, 1.82) is 5.26 Å². The Kier molecular flexibility index (Phi) is 6.34. The molecule has 8 heteroatoms. The number of carbonyl (C=O) groups is 1. The van der Waals surface area contributed by atoms with Crippen LogP contribution in [0.4, 0.5) is 5.82 Å². The molecule has 7 nitrogen and oxygen atoms in total. The van der Waals surface area contributed by atoms with E-state index in [9.17, 15) is 10.1 Å². The fourth-order valence-electron chi connectivity index (χ4n) is 5.78. The van der Waals surface area contributed by atoms with E-state index in [1.165, 1.54) is 6.08 Å². The van der Waals surface area contributed by atoms with E-state index in [1.807, 2.05) is 12.1 Å². The minimum absolute atomic E-state index is 0.156. The molecular weight excluding hydrogens is 498 g/mol. The number of nitriles is 1. The molecule has 0 N–H and O–H groups in total. The Morgan fingerprint density at radius 2 is 2.03 bits per heavy atom. The SMILES string of the molecule is C=CC(=O)N1CCN(c2ncnc3cc(-c4cccc5cccc(Cl)c45)c4c(c23)OCCC4)CC1CC#N. The molecule has 38 heavy (non-hydrogen) atoms. The minimum atomic E-state index is -0.252. The molecule has 6 rings (SSSR count). The van der Waals surface area contributed by atoms with Crippen molar-refractivity contribution in [2.75, 3.05) is 31.1 Å². The van der Waals surface area contributed by atoms with Crippen LogP contribution in [0, 0.1) is 11.3 Å². The quantitative estimate of drug-likeness (QED) is 0.326. The van der Waals surface area contributed by atoms with Crippen molar-refractivity contribution >= 4 is 45.0 Å². The van der Waals surface area contributed by atoms with Crippen molar-refractivity contribution in [1.82, 2.24) is 14.9 Å². The first-order valence-corrected chi connectivity index (χ1v) is 13.1. The summed E-state index contributed by atoms with van der Waals surface area (Å²) in [7, 11) is 0. The normalized spacial score (nSPS) is 17.1. The maximum atomic E-state index is 12.4. The van der Waals surface area contributed by atoms with E-state index < -0.39 is 0 Å². The molecule has 0 saturated carbocycles. The largest absolute Gasteiger partial charge is 0.492 e. The molecule has 3 heterocycles. The number of hydrogen-bond donors (Lipinski definition) is 0. The molecule has 2 aliphatic heterocycles. The van der Waals surface area contributed by atoms with Crippen LogP contribution in [-0.4, -0.2) is 53.1 Å². The predicted octanol–water partition coefficient (Wildman–Crippen LogP) is 5.55. The van der Waals surface area contributed by atoms with Crippen LogP contribution in [0.2, 0.25) is 5.02 Å². The summed E-state index contributed by atoms with van der Waals surface area (Å²) in [5.74, 6) is 1.42. The van der Waals surface area contributed by atoms with Crippen LogP contribution in [0.15, 0.2) is 61.4 Å². The van der Waals surface area contributed by atoms with Crippen LogP contribution in [0.1, 0.15) is 18.4 Å². The monoisotopic (exact) mass is 523 g/mol. The second-order valence-electron chi connectivity index (χ2n) is 9.62. The van der Waals surface area contributed by atoms with Crippen molar-refractivity contribution in [3.05, 3.63) is 72.0 Å². The van der Waals surface area contributed by atoms with Gasteiger partial charge in [-0.25, -0.2) is 9.97 Å². The standard InChI is InChI=1S/C30H26ClN5O2/c1-2-26(37)36-14-13-35(17-20(36)11-12-32)30-28-25(33-18-34-30)16-23(22-9-5-15-38-29(22)28)21-8-3-6-19-7-4-10-24(31)27(19)21/h2-4,6-8,10,16,18,20H,1,5,9,11,13-15,17H2. The highest BCUT2D eigenvalue weighted by molar-refractivity contribution is 6.36. The molecule has 1 fully saturated rings. The molecule has 0 aliphatic carbocycles. The van der Waals surface area contributed by atoms with Crippen LogP contribution in [0.5, 0.6) is 5.75 Å². The Labute approximate surface area is 225 Å². The molecular formula is C30H26ClN5O2. The highest BCUT2D eigenvalue weighted by atomic mass is 35.5. The summed E-state index contributed by atoms with van der Waals surface area (Å²) >= 11 is 6.70. The average Bonchev–Trinajstić information content (AvgIpc) is 2.96. The molecule has 1 saturated heterocycles. The van der Waals surface area contributed by atoms with Gasteiger partial charge in [0.2, 0.25) is 5.91 Å². The molecule has 0 radical (unpaired) electrons. The number of aromatic nitrogens is 2. The summed E-state index contributed by atoms with van der Waals surface area (Å²) in [6.07, 6.45) is 4.91. The van der Waals surface area contributed by atoms with Gasteiger partial charge in [-0.3, -0.25) is 4.79 Å². The van der Waals surface area contributed by atoms with Gasteiger partial charge >= 0.3 is 0 Å². The Hall–Kier alpha value is -4.15. The molecule has 1 atom stereocenters. The topological polar surface area (TPSA) is 82.3 Å². The van der Waals surface area contributed by atoms with Crippen LogP contribution in [0.25, 0.3) is 32.8 Å². The molecule has 0 bridgehead atoms. The van der Waals surface area contributed by atoms with Gasteiger partial charge in [0.05, 0.1) is 36.0 Å². The van der Waals surface area contributed by atoms with Crippen molar-refractivity contribution in [3.63, 3.8) is 0 Å². The first-order chi connectivity index (χ1) is 18.6. The van der Waals surface area contributed by atoms with E-state index >= 15 is 0 Å². The second-order valence-corrected chi connectivity index (χ2v) is 10.0. The number of fused-ring (bicyclic) bond motifs is 4. The molecule has 3 aromatic carbocycles. The second kappa shape index (κ2) is 9.96. The number of anilines is 1. The van der Waals surface area contributed by atoms with Crippen LogP contribution in [-0.2, 0) is 11.2 Å². The van der Waals surface area contributed by atoms with E-state index in [1.54, 1.807) is 11.2 Å². The number of halogens is 1. The zero-order valence-corrected chi connectivity index (χ0v) is 21.6. The third-order valence-corrected chi connectivity index (χ3v) is 7.81. The highest BCUT2D eigenvalue weighted by Gasteiger charge is 2.32. The first kappa shape index (κ1) is 24.2. The Balaban J connectivity index is 1.51. The van der Waals surface area contributed by atoms with Gasteiger partial charge in [0.15, 0.2) is 0 Å². The lowest BCUT2D eigenvalue weighted by molar-refractivity contribution is -0.128. The van der Waals surface area contributed by atoms with Crippen LogP contribution < -0.4 is 9.64 Å². The molecule has 1 unspecified atom stereocenters. The van der Waals surface area contributed by atoms with E-state index in [0.29, 0.717) is 31.3 Å². The molecule has 4 aromatic rings. The summed E-state index contributed by atoms with van der Waals surface area (Å²) in [5, 5.41) is 13.1. The maximum absolute atomic E-state index is 12.4. The van der Waals surface area contributed by atoms with E-state index in [2.05, 4.69) is 52.9 Å².